The number of ether oxygens (including phenoxy) is 2. The molecule has 1 aliphatic rings. The van der Waals surface area contributed by atoms with E-state index in [1.807, 2.05) is 12.1 Å². The Morgan fingerprint density at radius 2 is 2.30 bits per heavy atom. The topological polar surface area (TPSA) is 47.7 Å². The Kier molecular flexibility index (Phi) is 5.83. The summed E-state index contributed by atoms with van der Waals surface area (Å²) in [5.41, 5.74) is 7.18. The largest absolute Gasteiger partial charge is 0.497 e. The summed E-state index contributed by atoms with van der Waals surface area (Å²) in [5.74, 6) is 0.878. The first-order chi connectivity index (χ1) is 9.74. The smallest absolute Gasteiger partial charge is 0.119 e. The standard InChI is InChI=1S/C16H26N2O2/c1-18(12-15-7-3-4-9-20-15)16(11-17)13-6-5-8-14(10-13)19-2/h5-6,8,10,15-16H,3-4,7,9,11-12,17H2,1-2H3. The minimum Gasteiger partial charge on any atom is -0.497 e. The van der Waals surface area contributed by atoms with Gasteiger partial charge in [-0.3, -0.25) is 4.90 Å². The number of rotatable bonds is 6. The molecule has 0 aromatic heterocycles. The van der Waals surface area contributed by atoms with Crippen molar-refractivity contribution in [2.75, 3.05) is 33.9 Å². The number of methoxy groups -OCH3 is 1. The average Bonchev–Trinajstić information content (AvgIpc) is 2.49. The highest BCUT2D eigenvalue weighted by Gasteiger charge is 2.21. The van der Waals surface area contributed by atoms with E-state index in [4.69, 9.17) is 15.2 Å². The molecule has 2 rings (SSSR count). The van der Waals surface area contributed by atoms with Crippen molar-refractivity contribution in [3.63, 3.8) is 0 Å². The summed E-state index contributed by atoms with van der Waals surface area (Å²) in [4.78, 5) is 2.30. The van der Waals surface area contributed by atoms with Crippen LogP contribution in [0.1, 0.15) is 30.9 Å². The zero-order valence-corrected chi connectivity index (χ0v) is 12.5. The first-order valence-corrected chi connectivity index (χ1v) is 7.40. The Balaban J connectivity index is 2.01. The summed E-state index contributed by atoms with van der Waals surface area (Å²) in [5, 5.41) is 0. The molecule has 1 aromatic carbocycles. The fraction of sp³-hybridized carbons (Fsp3) is 0.625. The summed E-state index contributed by atoms with van der Waals surface area (Å²) in [6, 6.07) is 8.35. The third-order valence-electron chi connectivity index (χ3n) is 4.00. The Labute approximate surface area is 121 Å². The second kappa shape index (κ2) is 7.62. The van der Waals surface area contributed by atoms with Crippen molar-refractivity contribution in [3.8, 4) is 5.75 Å². The van der Waals surface area contributed by atoms with Gasteiger partial charge in [0.15, 0.2) is 0 Å². The number of hydrogen-bond donors (Lipinski definition) is 1. The Morgan fingerprint density at radius 3 is 2.95 bits per heavy atom. The first kappa shape index (κ1) is 15.3. The number of benzene rings is 1. The lowest BCUT2D eigenvalue weighted by Crippen LogP contribution is -2.38. The lowest BCUT2D eigenvalue weighted by Gasteiger charge is -2.32. The molecule has 1 aromatic rings. The van der Waals surface area contributed by atoms with Gasteiger partial charge in [-0.2, -0.15) is 0 Å². The van der Waals surface area contributed by atoms with E-state index in [9.17, 15) is 0 Å². The van der Waals surface area contributed by atoms with E-state index in [0.29, 0.717) is 12.6 Å². The van der Waals surface area contributed by atoms with E-state index in [-0.39, 0.29) is 6.04 Å². The summed E-state index contributed by atoms with van der Waals surface area (Å²) >= 11 is 0. The predicted octanol–water partition coefficient (Wildman–Crippen LogP) is 2.20. The molecule has 112 valence electrons. The number of nitrogens with two attached hydrogens (primary N) is 1. The van der Waals surface area contributed by atoms with E-state index in [0.717, 1.165) is 25.3 Å². The number of nitrogens with zero attached hydrogens (tertiary/aromatic N) is 1. The molecule has 0 spiro atoms. The molecule has 0 bridgehead atoms. The van der Waals surface area contributed by atoms with Crippen molar-refractivity contribution in [1.82, 2.24) is 4.90 Å². The molecule has 1 fully saturated rings. The van der Waals surface area contributed by atoms with Crippen molar-refractivity contribution in [1.29, 1.82) is 0 Å². The van der Waals surface area contributed by atoms with Crippen LogP contribution in [0.3, 0.4) is 0 Å². The van der Waals surface area contributed by atoms with Gasteiger partial charge >= 0.3 is 0 Å². The third-order valence-corrected chi connectivity index (χ3v) is 4.00. The van der Waals surface area contributed by atoms with Gasteiger partial charge in [-0.1, -0.05) is 12.1 Å². The van der Waals surface area contributed by atoms with Crippen LogP contribution < -0.4 is 10.5 Å². The Morgan fingerprint density at radius 1 is 1.45 bits per heavy atom. The monoisotopic (exact) mass is 278 g/mol. The molecular weight excluding hydrogens is 252 g/mol. The number of hydrogen-bond acceptors (Lipinski definition) is 4. The van der Waals surface area contributed by atoms with E-state index in [1.54, 1.807) is 7.11 Å². The predicted molar refractivity (Wildman–Crippen MR) is 81.0 cm³/mol. The third kappa shape index (κ3) is 3.95. The van der Waals surface area contributed by atoms with E-state index in [1.165, 1.54) is 18.4 Å². The van der Waals surface area contributed by atoms with Crippen LogP contribution in [0.15, 0.2) is 24.3 Å². The van der Waals surface area contributed by atoms with E-state index >= 15 is 0 Å². The van der Waals surface area contributed by atoms with Crippen LogP contribution in [-0.4, -0.2) is 44.9 Å². The average molecular weight is 278 g/mol. The van der Waals surface area contributed by atoms with Crippen LogP contribution in [-0.2, 0) is 4.74 Å². The van der Waals surface area contributed by atoms with Crippen molar-refractivity contribution in [2.45, 2.75) is 31.4 Å². The fourth-order valence-corrected chi connectivity index (χ4v) is 2.82. The van der Waals surface area contributed by atoms with Gasteiger partial charge in [0.2, 0.25) is 0 Å². The maximum absolute atomic E-state index is 5.98. The second-order valence-electron chi connectivity index (χ2n) is 5.46. The highest BCUT2D eigenvalue weighted by molar-refractivity contribution is 5.30. The molecule has 20 heavy (non-hydrogen) atoms. The number of likely N-dealkylation sites (N-methyl/N-ethyl adjacent to an activating group) is 1. The highest BCUT2D eigenvalue weighted by atomic mass is 16.5. The lowest BCUT2D eigenvalue weighted by molar-refractivity contribution is -0.00778. The van der Waals surface area contributed by atoms with Crippen LogP contribution >= 0.6 is 0 Å². The fourth-order valence-electron chi connectivity index (χ4n) is 2.82. The second-order valence-corrected chi connectivity index (χ2v) is 5.46. The van der Waals surface area contributed by atoms with Gasteiger partial charge in [0, 0.05) is 25.7 Å². The minimum atomic E-state index is 0.204. The van der Waals surface area contributed by atoms with E-state index in [2.05, 4.69) is 24.1 Å². The zero-order valence-electron chi connectivity index (χ0n) is 12.5. The SMILES string of the molecule is COc1cccc(C(CN)N(C)CC2CCCCO2)c1. The van der Waals surface area contributed by atoms with Crippen molar-refractivity contribution >= 4 is 0 Å². The zero-order chi connectivity index (χ0) is 14.4. The molecule has 1 aliphatic heterocycles. The van der Waals surface area contributed by atoms with Crippen molar-refractivity contribution in [2.24, 2.45) is 5.73 Å². The molecule has 2 N–H and O–H groups in total. The quantitative estimate of drug-likeness (QED) is 0.866. The summed E-state index contributed by atoms with van der Waals surface area (Å²) in [6.07, 6.45) is 3.95. The van der Waals surface area contributed by atoms with Crippen LogP contribution in [0, 0.1) is 0 Å². The normalized spacial score (nSPS) is 20.9. The van der Waals surface area contributed by atoms with E-state index < -0.39 is 0 Å². The van der Waals surface area contributed by atoms with Gasteiger partial charge in [0.25, 0.3) is 0 Å². The molecule has 2 unspecified atom stereocenters. The van der Waals surface area contributed by atoms with Gasteiger partial charge in [-0.05, 0) is 44.0 Å². The van der Waals surface area contributed by atoms with Crippen LogP contribution in [0.4, 0.5) is 0 Å². The van der Waals surface area contributed by atoms with Gasteiger partial charge in [0.1, 0.15) is 5.75 Å². The van der Waals surface area contributed by atoms with Crippen molar-refractivity contribution < 1.29 is 9.47 Å². The van der Waals surface area contributed by atoms with Crippen LogP contribution in [0.5, 0.6) is 5.75 Å². The van der Waals surface area contributed by atoms with Gasteiger partial charge < -0.3 is 15.2 Å². The molecule has 1 saturated heterocycles. The highest BCUT2D eigenvalue weighted by Crippen LogP contribution is 2.24. The summed E-state index contributed by atoms with van der Waals surface area (Å²) in [6.45, 7) is 2.42. The van der Waals surface area contributed by atoms with Gasteiger partial charge in [0.05, 0.1) is 13.2 Å². The van der Waals surface area contributed by atoms with Crippen LogP contribution in [0.25, 0.3) is 0 Å². The first-order valence-electron chi connectivity index (χ1n) is 7.40. The molecule has 0 aliphatic carbocycles. The Hall–Kier alpha value is -1.10. The molecule has 4 heteroatoms. The molecule has 0 radical (unpaired) electrons. The maximum Gasteiger partial charge on any atom is 0.119 e. The molecule has 0 amide bonds. The lowest BCUT2D eigenvalue weighted by atomic mass is 10.0. The van der Waals surface area contributed by atoms with Crippen molar-refractivity contribution in [3.05, 3.63) is 29.8 Å². The summed E-state index contributed by atoms with van der Waals surface area (Å²) in [7, 11) is 3.81. The molecular formula is C16H26N2O2. The Bertz CT molecular complexity index is 405. The van der Waals surface area contributed by atoms with Gasteiger partial charge in [-0.15, -0.1) is 0 Å². The summed E-state index contributed by atoms with van der Waals surface area (Å²) < 4.78 is 11.1. The molecule has 0 saturated carbocycles. The molecule has 1 heterocycles. The molecule has 2 atom stereocenters. The molecule has 4 nitrogen and oxygen atoms in total. The van der Waals surface area contributed by atoms with Gasteiger partial charge in [-0.25, -0.2) is 0 Å². The van der Waals surface area contributed by atoms with Crippen LogP contribution in [0.2, 0.25) is 0 Å². The maximum atomic E-state index is 5.98. The minimum absolute atomic E-state index is 0.204.